The number of carbonyl (C=O) groups excluding carboxylic acids is 1. The van der Waals surface area contributed by atoms with E-state index in [0.717, 1.165) is 31.1 Å². The number of nitrogens with zero attached hydrogens (tertiary/aromatic N) is 2. The molecule has 2 aliphatic rings. The third-order valence-electron chi connectivity index (χ3n) is 5.66. The molecule has 2 heterocycles. The number of anilines is 1. The molecule has 0 spiro atoms. The molecule has 1 N–H and O–H groups in total. The van der Waals surface area contributed by atoms with E-state index in [0.29, 0.717) is 11.6 Å². The molecule has 1 aliphatic carbocycles. The molecule has 1 aliphatic heterocycles. The lowest BCUT2D eigenvalue weighted by Gasteiger charge is -2.28. The zero-order chi connectivity index (χ0) is 18.4. The topological polar surface area (TPSA) is 37.3 Å². The van der Waals surface area contributed by atoms with Crippen molar-refractivity contribution in [3.8, 4) is 0 Å². The van der Waals surface area contributed by atoms with E-state index < -0.39 is 0 Å². The van der Waals surface area contributed by atoms with Crippen molar-refractivity contribution in [2.24, 2.45) is 5.92 Å². The molecule has 0 atom stereocenters. The molecule has 2 amide bonds. The van der Waals surface area contributed by atoms with Gasteiger partial charge < -0.3 is 14.8 Å². The molecule has 0 unspecified atom stereocenters. The van der Waals surface area contributed by atoms with Crippen molar-refractivity contribution in [1.29, 1.82) is 0 Å². The summed E-state index contributed by atoms with van der Waals surface area (Å²) in [5, 5.41) is 4.88. The summed E-state index contributed by atoms with van der Waals surface area (Å²) in [5.41, 5.74) is 4.76. The maximum atomic E-state index is 12.8. The fraction of sp³-hybridized carbons (Fsp3) is 0.318. The van der Waals surface area contributed by atoms with E-state index in [1.165, 1.54) is 35.0 Å². The number of rotatable bonds is 3. The van der Waals surface area contributed by atoms with Gasteiger partial charge in [-0.15, -0.1) is 0 Å². The Balaban J connectivity index is 1.43. The molecular formula is C22H22ClN3O. The van der Waals surface area contributed by atoms with Gasteiger partial charge in [-0.1, -0.05) is 35.9 Å². The van der Waals surface area contributed by atoms with Crippen LogP contribution >= 0.6 is 11.6 Å². The van der Waals surface area contributed by atoms with Crippen LogP contribution in [0.4, 0.5) is 10.5 Å². The highest BCUT2D eigenvalue weighted by atomic mass is 35.5. The lowest BCUT2D eigenvalue weighted by Crippen LogP contribution is -2.39. The first-order chi connectivity index (χ1) is 13.2. The number of para-hydroxylation sites is 1. The number of hydrogen-bond donors (Lipinski definition) is 1. The van der Waals surface area contributed by atoms with Crippen LogP contribution in [0, 0.1) is 5.92 Å². The molecule has 1 fully saturated rings. The smallest absolute Gasteiger partial charge is 0.322 e. The monoisotopic (exact) mass is 379 g/mol. The number of aromatic nitrogens is 1. The van der Waals surface area contributed by atoms with Gasteiger partial charge in [0.15, 0.2) is 0 Å². The Labute approximate surface area is 163 Å². The van der Waals surface area contributed by atoms with Crippen LogP contribution in [0.25, 0.3) is 10.9 Å². The highest BCUT2D eigenvalue weighted by Crippen LogP contribution is 2.36. The number of amides is 2. The summed E-state index contributed by atoms with van der Waals surface area (Å²) in [6, 6.07) is 15.8. The van der Waals surface area contributed by atoms with Crippen molar-refractivity contribution in [3.63, 3.8) is 0 Å². The second kappa shape index (κ2) is 6.61. The van der Waals surface area contributed by atoms with Gasteiger partial charge in [0.05, 0.1) is 0 Å². The summed E-state index contributed by atoms with van der Waals surface area (Å²) in [5.74, 6) is 0.828. The molecule has 1 saturated carbocycles. The largest absolute Gasteiger partial charge is 0.344 e. The van der Waals surface area contributed by atoms with Gasteiger partial charge in [0, 0.05) is 58.9 Å². The van der Waals surface area contributed by atoms with Gasteiger partial charge in [-0.2, -0.15) is 0 Å². The van der Waals surface area contributed by atoms with Crippen LogP contribution in [0.2, 0.25) is 5.02 Å². The Morgan fingerprint density at radius 3 is 2.81 bits per heavy atom. The summed E-state index contributed by atoms with van der Waals surface area (Å²) >= 11 is 6.03. The molecular weight excluding hydrogens is 358 g/mol. The Bertz CT molecular complexity index is 1020. The number of benzene rings is 2. The van der Waals surface area contributed by atoms with Crippen molar-refractivity contribution in [2.75, 3.05) is 11.9 Å². The van der Waals surface area contributed by atoms with E-state index in [2.05, 4.69) is 34.1 Å². The number of urea groups is 1. The van der Waals surface area contributed by atoms with Crippen molar-refractivity contribution in [1.82, 2.24) is 9.47 Å². The lowest BCUT2D eigenvalue weighted by molar-refractivity contribution is 0.206. The van der Waals surface area contributed by atoms with Crippen molar-refractivity contribution < 1.29 is 4.79 Å². The molecule has 3 aromatic rings. The summed E-state index contributed by atoms with van der Waals surface area (Å²) in [4.78, 5) is 14.7. The average molecular weight is 380 g/mol. The second-order valence-corrected chi connectivity index (χ2v) is 8.04. The highest BCUT2D eigenvalue weighted by Gasteiger charge is 2.29. The highest BCUT2D eigenvalue weighted by molar-refractivity contribution is 6.30. The van der Waals surface area contributed by atoms with Gasteiger partial charge in [-0.05, 0) is 43.0 Å². The third-order valence-corrected chi connectivity index (χ3v) is 5.90. The predicted octanol–water partition coefficient (Wildman–Crippen LogP) is 5.29. The van der Waals surface area contributed by atoms with E-state index in [9.17, 15) is 4.79 Å². The van der Waals surface area contributed by atoms with Gasteiger partial charge in [-0.3, -0.25) is 0 Å². The van der Waals surface area contributed by atoms with Crippen LogP contribution in [0.5, 0.6) is 0 Å². The van der Waals surface area contributed by atoms with Gasteiger partial charge in [0.1, 0.15) is 0 Å². The van der Waals surface area contributed by atoms with E-state index in [-0.39, 0.29) is 6.03 Å². The minimum absolute atomic E-state index is 0.0676. The van der Waals surface area contributed by atoms with Crippen LogP contribution < -0.4 is 5.32 Å². The van der Waals surface area contributed by atoms with Crippen molar-refractivity contribution in [2.45, 2.75) is 32.4 Å². The fourth-order valence-corrected chi connectivity index (χ4v) is 4.30. The molecule has 5 heteroatoms. The standard InChI is InChI=1S/C22H22ClN3O/c23-16-4-3-5-17(12-16)24-22(27)25-11-10-21-19(14-25)18-6-1-2-7-20(18)26(21)13-15-8-9-15/h1-7,12,15H,8-11,13-14H2,(H,24,27). The summed E-state index contributed by atoms with van der Waals surface area (Å²) < 4.78 is 2.51. The van der Waals surface area contributed by atoms with Crippen molar-refractivity contribution >= 4 is 34.2 Å². The number of hydrogen-bond acceptors (Lipinski definition) is 1. The Kier molecular flexibility index (Phi) is 4.09. The van der Waals surface area contributed by atoms with Gasteiger partial charge in [-0.25, -0.2) is 4.79 Å². The molecule has 1 aromatic heterocycles. The van der Waals surface area contributed by atoms with Gasteiger partial charge in [0.2, 0.25) is 0 Å². The number of fused-ring (bicyclic) bond motifs is 3. The van der Waals surface area contributed by atoms with Crippen LogP contribution in [0.15, 0.2) is 48.5 Å². The molecule has 4 nitrogen and oxygen atoms in total. The van der Waals surface area contributed by atoms with E-state index in [1.807, 2.05) is 17.0 Å². The van der Waals surface area contributed by atoms with E-state index >= 15 is 0 Å². The average Bonchev–Trinajstić information content (AvgIpc) is 3.45. The van der Waals surface area contributed by atoms with Gasteiger partial charge >= 0.3 is 6.03 Å². The Hall–Kier alpha value is -2.46. The SMILES string of the molecule is O=C(Nc1cccc(Cl)c1)N1CCc2c(c3ccccc3n2CC2CC2)C1. The maximum Gasteiger partial charge on any atom is 0.322 e. The summed E-state index contributed by atoms with van der Waals surface area (Å²) in [6.07, 6.45) is 3.59. The normalized spacial score (nSPS) is 16.4. The fourth-order valence-electron chi connectivity index (χ4n) is 4.11. The van der Waals surface area contributed by atoms with Crippen LogP contribution in [-0.2, 0) is 19.5 Å². The molecule has 0 radical (unpaired) electrons. The lowest BCUT2D eigenvalue weighted by atomic mass is 10.0. The summed E-state index contributed by atoms with van der Waals surface area (Å²) in [7, 11) is 0. The van der Waals surface area contributed by atoms with Crippen LogP contribution in [0.1, 0.15) is 24.1 Å². The first kappa shape index (κ1) is 16.7. The van der Waals surface area contributed by atoms with E-state index in [4.69, 9.17) is 11.6 Å². The zero-order valence-electron chi connectivity index (χ0n) is 15.1. The Morgan fingerprint density at radius 1 is 1.15 bits per heavy atom. The number of halogens is 1. The molecule has 138 valence electrons. The quantitative estimate of drug-likeness (QED) is 0.659. The zero-order valence-corrected chi connectivity index (χ0v) is 15.9. The molecule has 27 heavy (non-hydrogen) atoms. The minimum atomic E-state index is -0.0676. The molecule has 5 rings (SSSR count). The first-order valence-corrected chi connectivity index (χ1v) is 9.97. The molecule has 0 bridgehead atoms. The van der Waals surface area contributed by atoms with Crippen molar-refractivity contribution in [3.05, 3.63) is 64.8 Å². The first-order valence-electron chi connectivity index (χ1n) is 9.59. The van der Waals surface area contributed by atoms with Crippen LogP contribution in [-0.4, -0.2) is 22.0 Å². The number of carbonyl (C=O) groups is 1. The van der Waals surface area contributed by atoms with Crippen LogP contribution in [0.3, 0.4) is 0 Å². The maximum absolute atomic E-state index is 12.8. The Morgan fingerprint density at radius 2 is 2.00 bits per heavy atom. The minimum Gasteiger partial charge on any atom is -0.344 e. The predicted molar refractivity (Wildman–Crippen MR) is 109 cm³/mol. The second-order valence-electron chi connectivity index (χ2n) is 7.61. The molecule has 0 saturated heterocycles. The third kappa shape index (κ3) is 3.19. The number of nitrogens with one attached hydrogen (secondary N) is 1. The summed E-state index contributed by atoms with van der Waals surface area (Å²) in [6.45, 7) is 2.50. The molecule has 2 aromatic carbocycles. The van der Waals surface area contributed by atoms with Gasteiger partial charge in [0.25, 0.3) is 0 Å². The van der Waals surface area contributed by atoms with E-state index in [1.54, 1.807) is 12.1 Å².